The molecule has 4 heterocycles. The first kappa shape index (κ1) is 41.9. The molecule has 0 aliphatic carbocycles. The third-order valence-corrected chi connectivity index (χ3v) is 13.5. The zero-order valence-electron chi connectivity index (χ0n) is 38.5. The van der Waals surface area contributed by atoms with E-state index in [4.69, 9.17) is 26.5 Å². The van der Waals surface area contributed by atoms with Gasteiger partial charge in [-0.15, -0.1) is 0 Å². The Hall–Kier alpha value is -10.3. The van der Waals surface area contributed by atoms with Crippen molar-refractivity contribution in [2.75, 3.05) is 0 Å². The summed E-state index contributed by atoms with van der Waals surface area (Å²) in [5, 5.41) is 14.1. The standard InChI is InChI=1S/C64H38N8/c1-66-49-21-13-20-45(35-49)47-27-30-58-53(37-47)50-22-8-10-24-56(50)71(58)60-31-28-48(64-69-62(42-15-4-2-5-16-42)68-63(70-64)43-17-6-3-7-18-43)38-54(60)55-40-67-33-32-61(55)72-57-25-11-9-23-51(57)52-36-46(26-29-59(52)72)44-19-12-14-41(34-44)39-65/h2-38,40H. The minimum Gasteiger partial charge on any atom is -0.309 e. The number of nitrogens with zero attached hydrogens (tertiary/aromatic N) is 8. The predicted molar refractivity (Wildman–Crippen MR) is 290 cm³/mol. The minimum absolute atomic E-state index is 0.541. The SMILES string of the molecule is [C-]#[N+]c1cccc(-c2ccc3c(c2)c2ccccc2n3-c2ccc(-c3nc(-c4ccccc4)nc(-c4ccccc4)n3)cc2-c2cnccc2-n2c3ccccc3c3cc(-c4cccc(C#N)c4)ccc32)c1. The summed E-state index contributed by atoms with van der Waals surface area (Å²) < 4.78 is 4.69. The third kappa shape index (κ3) is 7.15. The molecule has 0 aliphatic rings. The molecule has 0 unspecified atom stereocenters. The molecule has 0 fully saturated rings. The van der Waals surface area contributed by atoms with E-state index in [0.29, 0.717) is 28.7 Å². The maximum atomic E-state index is 9.75. The molecule has 0 atom stereocenters. The fraction of sp³-hybridized carbons (Fsp3) is 0. The lowest BCUT2D eigenvalue weighted by Crippen LogP contribution is -2.04. The largest absolute Gasteiger partial charge is 0.309 e. The van der Waals surface area contributed by atoms with Crippen LogP contribution in [0.15, 0.2) is 231 Å². The molecule has 0 N–H and O–H groups in total. The molecule has 13 aromatic rings. The van der Waals surface area contributed by atoms with Crippen LogP contribution < -0.4 is 0 Å². The maximum absolute atomic E-state index is 9.75. The highest BCUT2D eigenvalue weighted by Crippen LogP contribution is 2.43. The van der Waals surface area contributed by atoms with Crippen molar-refractivity contribution in [1.29, 1.82) is 5.26 Å². The first-order valence-electron chi connectivity index (χ1n) is 23.6. The summed E-state index contributed by atoms with van der Waals surface area (Å²) in [7, 11) is 0. The van der Waals surface area contributed by atoms with Crippen LogP contribution in [0.3, 0.4) is 0 Å². The second-order valence-corrected chi connectivity index (χ2v) is 17.7. The lowest BCUT2D eigenvalue weighted by atomic mass is 9.99. The number of benzene rings is 9. The number of para-hydroxylation sites is 2. The van der Waals surface area contributed by atoms with Crippen LogP contribution in [-0.2, 0) is 0 Å². The highest BCUT2D eigenvalue weighted by atomic mass is 15.0. The first-order chi connectivity index (χ1) is 35.6. The van der Waals surface area contributed by atoms with Gasteiger partial charge in [0.25, 0.3) is 0 Å². The van der Waals surface area contributed by atoms with Gasteiger partial charge in [-0.05, 0) is 101 Å². The van der Waals surface area contributed by atoms with Crippen LogP contribution in [-0.4, -0.2) is 29.1 Å². The molecule has 334 valence electrons. The number of hydrogen-bond acceptors (Lipinski definition) is 5. The van der Waals surface area contributed by atoms with E-state index in [1.807, 2.05) is 109 Å². The molecule has 0 spiro atoms. The zero-order valence-corrected chi connectivity index (χ0v) is 38.5. The van der Waals surface area contributed by atoms with Crippen molar-refractivity contribution in [3.05, 3.63) is 248 Å². The van der Waals surface area contributed by atoms with Crippen molar-refractivity contribution in [1.82, 2.24) is 29.1 Å². The first-order valence-corrected chi connectivity index (χ1v) is 23.6. The van der Waals surface area contributed by atoms with Gasteiger partial charge in [0, 0.05) is 61.8 Å². The highest BCUT2D eigenvalue weighted by Gasteiger charge is 2.23. The van der Waals surface area contributed by atoms with E-state index in [2.05, 4.69) is 141 Å². The van der Waals surface area contributed by atoms with Crippen molar-refractivity contribution in [2.45, 2.75) is 0 Å². The summed E-state index contributed by atoms with van der Waals surface area (Å²) in [4.78, 5) is 24.0. The molecule has 13 rings (SSSR count). The van der Waals surface area contributed by atoms with Crippen LogP contribution in [0.2, 0.25) is 0 Å². The number of pyridine rings is 1. The Labute approximate surface area is 414 Å². The number of nitriles is 1. The molecule has 0 amide bonds. The Morgan fingerprint density at radius 3 is 1.47 bits per heavy atom. The predicted octanol–water partition coefficient (Wildman–Crippen LogP) is 15.9. The molecule has 0 bridgehead atoms. The van der Waals surface area contributed by atoms with Crippen molar-refractivity contribution in [3.8, 4) is 85.0 Å². The molecule has 9 aromatic carbocycles. The molecule has 8 nitrogen and oxygen atoms in total. The average Bonchev–Trinajstić information content (AvgIpc) is 3.97. The van der Waals surface area contributed by atoms with E-state index in [-0.39, 0.29) is 0 Å². The van der Waals surface area contributed by atoms with E-state index >= 15 is 0 Å². The minimum atomic E-state index is 0.541. The summed E-state index contributed by atoms with van der Waals surface area (Å²) >= 11 is 0. The number of fused-ring (bicyclic) bond motifs is 6. The van der Waals surface area contributed by atoms with Crippen LogP contribution in [0.25, 0.3) is 127 Å². The number of aromatic nitrogens is 6. The molecule has 0 saturated heterocycles. The van der Waals surface area contributed by atoms with Crippen LogP contribution >= 0.6 is 0 Å². The van der Waals surface area contributed by atoms with Crippen molar-refractivity contribution in [2.24, 2.45) is 0 Å². The lowest BCUT2D eigenvalue weighted by molar-refractivity contribution is 1.07. The lowest BCUT2D eigenvalue weighted by Gasteiger charge is -2.19. The smallest absolute Gasteiger partial charge is 0.187 e. The van der Waals surface area contributed by atoms with Gasteiger partial charge in [0.05, 0.1) is 51.6 Å². The maximum Gasteiger partial charge on any atom is 0.187 e. The average molecular weight is 919 g/mol. The Kier molecular flexibility index (Phi) is 10.1. The van der Waals surface area contributed by atoms with Gasteiger partial charge in [0.1, 0.15) is 0 Å². The van der Waals surface area contributed by atoms with E-state index < -0.39 is 0 Å². The van der Waals surface area contributed by atoms with Crippen molar-refractivity contribution >= 4 is 49.3 Å². The molecule has 0 saturated carbocycles. The quantitative estimate of drug-likeness (QED) is 0.142. The van der Waals surface area contributed by atoms with Gasteiger partial charge in [-0.25, -0.2) is 19.8 Å². The summed E-state index contributed by atoms with van der Waals surface area (Å²) in [6, 6.07) is 76.7. The number of rotatable bonds is 8. The Morgan fingerprint density at radius 2 is 0.875 bits per heavy atom. The fourth-order valence-corrected chi connectivity index (χ4v) is 10.2. The molecule has 8 heteroatoms. The second-order valence-electron chi connectivity index (χ2n) is 17.7. The topological polar surface area (TPSA) is 89.6 Å². The van der Waals surface area contributed by atoms with Crippen LogP contribution in [0.1, 0.15) is 5.56 Å². The van der Waals surface area contributed by atoms with Gasteiger partial charge in [0.15, 0.2) is 23.2 Å². The second kappa shape index (κ2) is 17.4. The summed E-state index contributed by atoms with van der Waals surface area (Å²) in [6.45, 7) is 7.69. The molecule has 72 heavy (non-hydrogen) atoms. The van der Waals surface area contributed by atoms with E-state index in [9.17, 15) is 5.26 Å². The van der Waals surface area contributed by atoms with Crippen molar-refractivity contribution in [3.63, 3.8) is 0 Å². The Morgan fingerprint density at radius 1 is 0.389 bits per heavy atom. The summed E-state index contributed by atoms with van der Waals surface area (Å²) in [5.74, 6) is 1.70. The summed E-state index contributed by atoms with van der Waals surface area (Å²) in [6.07, 6.45) is 3.83. The van der Waals surface area contributed by atoms with Gasteiger partial charge in [0.2, 0.25) is 0 Å². The Balaban J connectivity index is 1.08. The monoisotopic (exact) mass is 918 g/mol. The molecular weight excluding hydrogens is 881 g/mol. The van der Waals surface area contributed by atoms with Crippen molar-refractivity contribution < 1.29 is 0 Å². The molecular formula is C64H38N8. The third-order valence-electron chi connectivity index (χ3n) is 13.5. The van der Waals surface area contributed by atoms with E-state index in [1.54, 1.807) is 0 Å². The van der Waals surface area contributed by atoms with Gasteiger partial charge in [-0.2, -0.15) is 5.26 Å². The van der Waals surface area contributed by atoms with Gasteiger partial charge in [-0.1, -0.05) is 140 Å². The van der Waals surface area contributed by atoms with E-state index in [1.165, 1.54) is 0 Å². The zero-order chi connectivity index (χ0) is 48.1. The number of hydrogen-bond donors (Lipinski definition) is 0. The van der Waals surface area contributed by atoms with Crippen LogP contribution in [0.5, 0.6) is 0 Å². The summed E-state index contributed by atoms with van der Waals surface area (Å²) in [5.41, 5.74) is 15.7. The molecule has 0 radical (unpaired) electrons. The molecule has 4 aromatic heterocycles. The van der Waals surface area contributed by atoms with Gasteiger partial charge >= 0.3 is 0 Å². The Bertz CT molecular complexity index is 4310. The van der Waals surface area contributed by atoms with Crippen LogP contribution in [0.4, 0.5) is 5.69 Å². The highest BCUT2D eigenvalue weighted by molar-refractivity contribution is 6.13. The normalized spacial score (nSPS) is 11.3. The van der Waals surface area contributed by atoms with Crippen LogP contribution in [0, 0.1) is 17.9 Å². The van der Waals surface area contributed by atoms with E-state index in [0.717, 1.165) is 105 Å². The molecule has 0 aliphatic heterocycles. The fourth-order valence-electron chi connectivity index (χ4n) is 10.2. The van der Waals surface area contributed by atoms with Gasteiger partial charge < -0.3 is 9.13 Å². The van der Waals surface area contributed by atoms with Gasteiger partial charge in [-0.3, -0.25) is 4.98 Å².